The first-order chi connectivity index (χ1) is 11.9. The van der Waals surface area contributed by atoms with Crippen molar-refractivity contribution in [3.05, 3.63) is 103 Å². The van der Waals surface area contributed by atoms with Gasteiger partial charge in [-0.3, -0.25) is 4.98 Å². The van der Waals surface area contributed by atoms with Gasteiger partial charge in [0.1, 0.15) is 0 Å². The molecule has 0 N–H and O–H groups in total. The predicted molar refractivity (Wildman–Crippen MR) is 91.4 cm³/mol. The molecule has 0 amide bonds. The van der Waals surface area contributed by atoms with Gasteiger partial charge < -0.3 is 0 Å². The Morgan fingerprint density at radius 3 is 1.88 bits per heavy atom. The van der Waals surface area contributed by atoms with Gasteiger partial charge in [0.05, 0.1) is 11.6 Å². The Labute approximate surface area is 140 Å². The molecule has 3 heterocycles. The number of hydrogen-bond acceptors (Lipinski definition) is 3. The van der Waals surface area contributed by atoms with Crippen molar-refractivity contribution in [2.24, 2.45) is 0 Å². The van der Waals surface area contributed by atoms with Crippen LogP contribution in [0.2, 0.25) is 0 Å². The normalized spacial score (nSPS) is 12.4. The van der Waals surface area contributed by atoms with Crippen molar-refractivity contribution in [1.29, 1.82) is 0 Å². The van der Waals surface area contributed by atoms with Gasteiger partial charge in [-0.1, -0.05) is 36.4 Å². The quantitative estimate of drug-likeness (QED) is 0.567. The number of nitrogens with zero attached hydrogens (tertiary/aromatic N) is 5. The van der Waals surface area contributed by atoms with E-state index in [-0.39, 0.29) is 12.1 Å². The monoisotopic (exact) mass is 315 g/mol. The molecule has 0 aliphatic heterocycles. The highest BCUT2D eigenvalue weighted by atomic mass is 15.4. The Bertz CT molecular complexity index is 781. The molecule has 0 aliphatic carbocycles. The van der Waals surface area contributed by atoms with Crippen molar-refractivity contribution in [3.8, 4) is 0 Å². The maximum absolute atomic E-state index is 4.61. The van der Waals surface area contributed by atoms with Crippen LogP contribution in [-0.2, 0) is 0 Å². The molecular formula is C19H17N5. The maximum atomic E-state index is 4.61. The first kappa shape index (κ1) is 14.4. The third kappa shape index (κ3) is 2.72. The van der Waals surface area contributed by atoms with Gasteiger partial charge in [-0.05, 0) is 29.8 Å². The molecule has 5 nitrogen and oxygen atoms in total. The minimum absolute atomic E-state index is 0.00722. The van der Waals surface area contributed by atoms with Crippen molar-refractivity contribution in [2.75, 3.05) is 0 Å². The fourth-order valence-corrected chi connectivity index (χ4v) is 3.02. The first-order valence-corrected chi connectivity index (χ1v) is 7.87. The third-order valence-corrected chi connectivity index (χ3v) is 4.06. The Morgan fingerprint density at radius 1 is 0.667 bits per heavy atom. The second-order valence-corrected chi connectivity index (χ2v) is 5.53. The molecule has 0 aliphatic rings. The SMILES string of the molecule is c1ccc(C(c2ccccn2)C(n2cccn2)n2cccn2)cc1. The van der Waals surface area contributed by atoms with Gasteiger partial charge in [-0.25, -0.2) is 9.36 Å². The molecule has 0 bridgehead atoms. The van der Waals surface area contributed by atoms with E-state index < -0.39 is 0 Å². The summed E-state index contributed by atoms with van der Waals surface area (Å²) in [6.07, 6.45) is 9.20. The summed E-state index contributed by atoms with van der Waals surface area (Å²) in [6, 6.07) is 20.2. The fraction of sp³-hybridized carbons (Fsp3) is 0.105. The van der Waals surface area contributed by atoms with Crippen LogP contribution in [0.25, 0.3) is 0 Å². The molecule has 0 radical (unpaired) electrons. The predicted octanol–water partition coefficient (Wildman–Crippen LogP) is 3.35. The van der Waals surface area contributed by atoms with E-state index in [1.165, 1.54) is 5.56 Å². The Morgan fingerprint density at radius 2 is 1.33 bits per heavy atom. The molecule has 0 saturated carbocycles. The lowest BCUT2D eigenvalue weighted by Gasteiger charge is -2.28. The Balaban J connectivity index is 1.90. The van der Waals surface area contributed by atoms with Crippen LogP contribution in [0.3, 0.4) is 0 Å². The summed E-state index contributed by atoms with van der Waals surface area (Å²) in [7, 11) is 0. The number of hydrogen-bond donors (Lipinski definition) is 0. The number of aromatic nitrogens is 5. The molecule has 0 fully saturated rings. The van der Waals surface area contributed by atoms with Crippen molar-refractivity contribution in [2.45, 2.75) is 12.1 Å². The van der Waals surface area contributed by atoms with Gasteiger partial charge >= 0.3 is 0 Å². The summed E-state index contributed by atoms with van der Waals surface area (Å²) in [4.78, 5) is 4.61. The lowest BCUT2D eigenvalue weighted by atomic mass is 9.92. The van der Waals surface area contributed by atoms with E-state index in [9.17, 15) is 0 Å². The number of benzene rings is 1. The molecular weight excluding hydrogens is 298 g/mol. The smallest absolute Gasteiger partial charge is 0.155 e. The summed E-state index contributed by atoms with van der Waals surface area (Å²) in [5.74, 6) is -0.00722. The molecule has 118 valence electrons. The highest BCUT2D eigenvalue weighted by Crippen LogP contribution is 2.34. The molecule has 24 heavy (non-hydrogen) atoms. The highest BCUT2D eigenvalue weighted by Gasteiger charge is 2.29. The Hall–Kier alpha value is -3.21. The molecule has 1 atom stereocenters. The van der Waals surface area contributed by atoms with E-state index in [1.807, 2.05) is 58.3 Å². The second-order valence-electron chi connectivity index (χ2n) is 5.53. The molecule has 1 aromatic carbocycles. The van der Waals surface area contributed by atoms with E-state index in [0.29, 0.717) is 0 Å². The average Bonchev–Trinajstić information content (AvgIpc) is 3.35. The summed E-state index contributed by atoms with van der Waals surface area (Å²) in [5.41, 5.74) is 2.16. The van der Waals surface area contributed by atoms with Crippen LogP contribution in [0.5, 0.6) is 0 Å². The summed E-state index contributed by atoms with van der Waals surface area (Å²) in [5, 5.41) is 8.95. The van der Waals surface area contributed by atoms with Gasteiger partial charge in [0.15, 0.2) is 6.17 Å². The standard InChI is InChI=1S/C19H17N5/c1-2-8-16(9-3-1)18(17-10-4-5-11-20-17)19(23-14-6-12-21-23)24-15-7-13-22-24/h1-15,18-19H. The minimum atomic E-state index is -0.132. The van der Waals surface area contributed by atoms with Crippen LogP contribution in [-0.4, -0.2) is 24.5 Å². The van der Waals surface area contributed by atoms with Gasteiger partial charge in [0.25, 0.3) is 0 Å². The van der Waals surface area contributed by atoms with Gasteiger partial charge in [0.2, 0.25) is 0 Å². The molecule has 3 aromatic heterocycles. The van der Waals surface area contributed by atoms with E-state index in [1.54, 1.807) is 12.4 Å². The zero-order chi connectivity index (χ0) is 16.2. The van der Waals surface area contributed by atoms with Crippen LogP contribution in [0, 0.1) is 0 Å². The van der Waals surface area contributed by atoms with Crippen molar-refractivity contribution in [3.63, 3.8) is 0 Å². The maximum Gasteiger partial charge on any atom is 0.155 e. The van der Waals surface area contributed by atoms with Gasteiger partial charge in [0, 0.05) is 31.0 Å². The zero-order valence-corrected chi connectivity index (χ0v) is 13.1. The molecule has 0 spiro atoms. The molecule has 4 rings (SSSR count). The van der Waals surface area contributed by atoms with Crippen LogP contribution in [0.1, 0.15) is 23.3 Å². The Kier molecular flexibility index (Phi) is 3.90. The van der Waals surface area contributed by atoms with Crippen LogP contribution >= 0.6 is 0 Å². The average molecular weight is 315 g/mol. The van der Waals surface area contributed by atoms with Crippen molar-refractivity contribution in [1.82, 2.24) is 24.5 Å². The molecule has 1 unspecified atom stereocenters. The largest absolute Gasteiger partial charge is 0.260 e. The van der Waals surface area contributed by atoms with Gasteiger partial charge in [-0.2, -0.15) is 10.2 Å². The van der Waals surface area contributed by atoms with E-state index in [4.69, 9.17) is 0 Å². The molecule has 4 aromatic rings. The summed E-state index contributed by atoms with van der Waals surface area (Å²) < 4.78 is 3.86. The van der Waals surface area contributed by atoms with Crippen LogP contribution in [0.4, 0.5) is 0 Å². The minimum Gasteiger partial charge on any atom is -0.260 e. The second kappa shape index (κ2) is 6.50. The highest BCUT2D eigenvalue weighted by molar-refractivity contribution is 5.30. The van der Waals surface area contributed by atoms with Crippen LogP contribution in [0.15, 0.2) is 91.6 Å². The van der Waals surface area contributed by atoms with E-state index >= 15 is 0 Å². The first-order valence-electron chi connectivity index (χ1n) is 7.87. The molecule has 5 heteroatoms. The topological polar surface area (TPSA) is 48.5 Å². The van der Waals surface area contributed by atoms with Crippen LogP contribution < -0.4 is 0 Å². The number of rotatable bonds is 5. The van der Waals surface area contributed by atoms with Gasteiger partial charge in [-0.15, -0.1) is 0 Å². The zero-order valence-electron chi connectivity index (χ0n) is 13.1. The number of pyridine rings is 1. The third-order valence-electron chi connectivity index (χ3n) is 4.06. The van der Waals surface area contributed by atoms with E-state index in [0.717, 1.165) is 5.69 Å². The summed E-state index contributed by atoms with van der Waals surface area (Å²) in [6.45, 7) is 0. The lowest BCUT2D eigenvalue weighted by molar-refractivity contribution is 0.322. The van der Waals surface area contributed by atoms with E-state index in [2.05, 4.69) is 45.5 Å². The van der Waals surface area contributed by atoms with Crippen molar-refractivity contribution >= 4 is 0 Å². The fourth-order valence-electron chi connectivity index (χ4n) is 3.02. The molecule has 0 saturated heterocycles. The lowest BCUT2D eigenvalue weighted by Crippen LogP contribution is -2.27. The van der Waals surface area contributed by atoms with Crippen molar-refractivity contribution < 1.29 is 0 Å². The summed E-state index contributed by atoms with van der Waals surface area (Å²) >= 11 is 0.